The molecule has 2 heterocycles. The first kappa shape index (κ1) is 34.2. The van der Waals surface area contributed by atoms with E-state index in [1.54, 1.807) is 14.2 Å². The zero-order valence-electron chi connectivity index (χ0n) is 27.3. The molecule has 1 unspecified atom stereocenters. The molecule has 1 fully saturated rings. The Labute approximate surface area is 269 Å². The standard InChI is InChI=1S/C35H45NO5S.C2H6/c1-35(28-11-15-30(16-12-28)40-25-37-2)24-42-33-23-31(41-26-38-3)17-18-32(33)34(35)27-9-13-29(14-10-27)39-22-8-7-21-36-19-5-4-6-20-36;1-2/h9-18,23,34H,4-8,19-22,24-26H2,1-3H3;1-2H3/t34?,35-;/m0./s1. The lowest BCUT2D eigenvalue weighted by atomic mass is 9.67. The van der Waals surface area contributed by atoms with Crippen LogP contribution in [-0.4, -0.2) is 64.7 Å². The van der Waals surface area contributed by atoms with Gasteiger partial charge in [0.1, 0.15) is 17.2 Å². The lowest BCUT2D eigenvalue weighted by Crippen LogP contribution is -2.36. The van der Waals surface area contributed by atoms with Gasteiger partial charge < -0.3 is 28.6 Å². The molecule has 1 saturated heterocycles. The Balaban J connectivity index is 0.00000216. The van der Waals surface area contributed by atoms with Crippen LogP contribution in [0.3, 0.4) is 0 Å². The maximum atomic E-state index is 6.17. The number of rotatable bonds is 14. The van der Waals surface area contributed by atoms with Crippen molar-refractivity contribution in [2.75, 3.05) is 59.8 Å². The first-order chi connectivity index (χ1) is 21.6. The minimum absolute atomic E-state index is 0.136. The predicted octanol–water partition coefficient (Wildman–Crippen LogP) is 8.52. The molecule has 0 aliphatic carbocycles. The first-order valence-corrected chi connectivity index (χ1v) is 17.1. The molecule has 240 valence electrons. The predicted molar refractivity (Wildman–Crippen MR) is 181 cm³/mol. The second-order valence-electron chi connectivity index (χ2n) is 11.5. The van der Waals surface area contributed by atoms with Crippen LogP contribution in [0.4, 0.5) is 0 Å². The molecule has 2 aliphatic rings. The van der Waals surface area contributed by atoms with E-state index in [4.69, 9.17) is 23.7 Å². The fraction of sp³-hybridized carbons (Fsp3) is 0.514. The van der Waals surface area contributed by atoms with Crippen LogP contribution >= 0.6 is 11.8 Å². The highest BCUT2D eigenvalue weighted by molar-refractivity contribution is 7.99. The Morgan fingerprint density at radius 3 is 2.05 bits per heavy atom. The Bertz CT molecular complexity index is 1250. The first-order valence-electron chi connectivity index (χ1n) is 16.2. The van der Waals surface area contributed by atoms with Crippen LogP contribution in [0.5, 0.6) is 17.2 Å². The Morgan fingerprint density at radius 1 is 0.750 bits per heavy atom. The minimum atomic E-state index is -0.136. The quantitative estimate of drug-likeness (QED) is 0.132. The van der Waals surface area contributed by atoms with E-state index in [9.17, 15) is 0 Å². The molecular weight excluding hydrogens is 570 g/mol. The second kappa shape index (κ2) is 17.7. The summed E-state index contributed by atoms with van der Waals surface area (Å²) in [5.74, 6) is 3.67. The van der Waals surface area contributed by atoms with Gasteiger partial charge in [-0.3, -0.25) is 0 Å². The van der Waals surface area contributed by atoms with Gasteiger partial charge in [0, 0.05) is 36.2 Å². The van der Waals surface area contributed by atoms with Crippen LogP contribution in [0.1, 0.15) is 75.5 Å². The number of hydrogen-bond acceptors (Lipinski definition) is 7. The Hall–Kier alpha value is -2.71. The van der Waals surface area contributed by atoms with Crippen LogP contribution < -0.4 is 14.2 Å². The van der Waals surface area contributed by atoms with Crippen LogP contribution in [0.15, 0.2) is 71.6 Å². The number of piperidine rings is 1. The number of thioether (sulfide) groups is 1. The number of likely N-dealkylation sites (tertiary alicyclic amines) is 1. The molecule has 5 rings (SSSR count). The highest BCUT2D eigenvalue weighted by atomic mass is 32.2. The van der Waals surface area contributed by atoms with E-state index >= 15 is 0 Å². The molecule has 0 spiro atoms. The summed E-state index contributed by atoms with van der Waals surface area (Å²) in [6, 6.07) is 23.7. The monoisotopic (exact) mass is 621 g/mol. The van der Waals surface area contributed by atoms with Gasteiger partial charge in [0.2, 0.25) is 0 Å². The van der Waals surface area contributed by atoms with Crippen molar-refractivity contribution >= 4 is 11.8 Å². The van der Waals surface area contributed by atoms with Crippen LogP contribution in [0.25, 0.3) is 0 Å². The molecule has 0 amide bonds. The fourth-order valence-electron chi connectivity index (χ4n) is 6.17. The zero-order valence-corrected chi connectivity index (χ0v) is 28.1. The third-order valence-corrected chi connectivity index (χ3v) is 9.87. The van der Waals surface area contributed by atoms with Crippen molar-refractivity contribution in [2.45, 2.75) is 69.1 Å². The molecule has 0 N–H and O–H groups in total. The van der Waals surface area contributed by atoms with Crippen molar-refractivity contribution in [3.63, 3.8) is 0 Å². The highest BCUT2D eigenvalue weighted by Gasteiger charge is 2.42. The van der Waals surface area contributed by atoms with Gasteiger partial charge in [-0.2, -0.15) is 0 Å². The lowest BCUT2D eigenvalue weighted by molar-refractivity contribution is 0.0508. The number of unbranched alkanes of at least 4 members (excludes halogenated alkanes) is 1. The number of hydrogen-bond donors (Lipinski definition) is 0. The van der Waals surface area contributed by atoms with Gasteiger partial charge in [0.15, 0.2) is 13.6 Å². The van der Waals surface area contributed by atoms with Gasteiger partial charge >= 0.3 is 0 Å². The topological polar surface area (TPSA) is 49.4 Å². The molecule has 7 heteroatoms. The molecule has 3 aromatic rings. The van der Waals surface area contributed by atoms with Crippen molar-refractivity contribution in [2.24, 2.45) is 0 Å². The van der Waals surface area contributed by atoms with E-state index in [2.05, 4.69) is 66.4 Å². The molecule has 0 aromatic heterocycles. The fourth-order valence-corrected chi connectivity index (χ4v) is 7.51. The van der Waals surface area contributed by atoms with Gasteiger partial charge in [-0.1, -0.05) is 57.5 Å². The Kier molecular flexibility index (Phi) is 13.7. The molecular formula is C37H51NO5S. The number of benzene rings is 3. The maximum absolute atomic E-state index is 6.17. The van der Waals surface area contributed by atoms with Gasteiger partial charge in [-0.05, 0) is 98.4 Å². The van der Waals surface area contributed by atoms with E-state index in [-0.39, 0.29) is 24.9 Å². The molecule has 3 aromatic carbocycles. The van der Waals surface area contributed by atoms with E-state index in [1.807, 2.05) is 37.7 Å². The van der Waals surface area contributed by atoms with Crippen molar-refractivity contribution in [1.29, 1.82) is 0 Å². The van der Waals surface area contributed by atoms with E-state index < -0.39 is 0 Å². The SMILES string of the molecule is CC.COCOc1ccc([C@]2(C)CSc3cc(OCOC)ccc3C2c2ccc(OCCCCN3CCCCC3)cc2)cc1. The second-order valence-corrected chi connectivity index (χ2v) is 12.5. The van der Waals surface area contributed by atoms with E-state index in [0.717, 1.165) is 36.0 Å². The van der Waals surface area contributed by atoms with Crippen molar-refractivity contribution in [3.8, 4) is 17.2 Å². The average molecular weight is 622 g/mol. The third kappa shape index (κ3) is 8.94. The summed E-state index contributed by atoms with van der Waals surface area (Å²) in [5.41, 5.74) is 3.74. The van der Waals surface area contributed by atoms with Crippen molar-refractivity contribution in [3.05, 3.63) is 83.4 Å². The van der Waals surface area contributed by atoms with Crippen molar-refractivity contribution < 1.29 is 23.7 Å². The molecule has 0 bridgehead atoms. The number of fused-ring (bicyclic) bond motifs is 1. The largest absolute Gasteiger partial charge is 0.494 e. The molecule has 2 atom stereocenters. The number of nitrogens with zero attached hydrogens (tertiary/aromatic N) is 1. The summed E-state index contributed by atoms with van der Waals surface area (Å²) >= 11 is 1.88. The third-order valence-electron chi connectivity index (χ3n) is 8.46. The highest BCUT2D eigenvalue weighted by Crippen LogP contribution is 2.53. The lowest BCUT2D eigenvalue weighted by Gasteiger charge is -2.43. The van der Waals surface area contributed by atoms with Crippen LogP contribution in [0.2, 0.25) is 0 Å². The van der Waals surface area contributed by atoms with Gasteiger partial charge in [-0.25, -0.2) is 0 Å². The van der Waals surface area contributed by atoms with E-state index in [1.165, 1.54) is 66.9 Å². The van der Waals surface area contributed by atoms with E-state index in [0.29, 0.717) is 0 Å². The number of ether oxygens (including phenoxy) is 5. The average Bonchev–Trinajstić information content (AvgIpc) is 3.08. The molecule has 6 nitrogen and oxygen atoms in total. The van der Waals surface area contributed by atoms with Gasteiger partial charge in [-0.15, -0.1) is 11.8 Å². The van der Waals surface area contributed by atoms with Crippen LogP contribution in [-0.2, 0) is 14.9 Å². The maximum Gasteiger partial charge on any atom is 0.188 e. The summed E-state index contributed by atoms with van der Waals surface area (Å²) in [4.78, 5) is 3.85. The summed E-state index contributed by atoms with van der Waals surface area (Å²) in [7, 11) is 3.28. The number of methoxy groups -OCH3 is 2. The summed E-state index contributed by atoms with van der Waals surface area (Å²) in [5, 5.41) is 0. The zero-order chi connectivity index (χ0) is 31.2. The van der Waals surface area contributed by atoms with Crippen molar-refractivity contribution in [1.82, 2.24) is 4.90 Å². The molecule has 0 saturated carbocycles. The van der Waals surface area contributed by atoms with Gasteiger partial charge in [0.05, 0.1) is 6.61 Å². The molecule has 2 aliphatic heterocycles. The normalized spacial score (nSPS) is 19.8. The Morgan fingerprint density at radius 2 is 1.36 bits per heavy atom. The summed E-state index contributed by atoms with van der Waals surface area (Å²) in [6.45, 7) is 11.3. The summed E-state index contributed by atoms with van der Waals surface area (Å²) in [6.07, 6.45) is 6.37. The molecule has 44 heavy (non-hydrogen) atoms. The van der Waals surface area contributed by atoms with Gasteiger partial charge in [0.25, 0.3) is 0 Å². The summed E-state index contributed by atoms with van der Waals surface area (Å²) < 4.78 is 27.8. The van der Waals surface area contributed by atoms with Crippen LogP contribution in [0, 0.1) is 0 Å². The molecule has 0 radical (unpaired) electrons. The smallest absolute Gasteiger partial charge is 0.188 e. The minimum Gasteiger partial charge on any atom is -0.494 e.